The first-order chi connectivity index (χ1) is 6.28. The highest BCUT2D eigenvalue weighted by atomic mass is 16.5. The van der Waals surface area contributed by atoms with Crippen LogP contribution in [0.25, 0.3) is 0 Å². The van der Waals surface area contributed by atoms with E-state index < -0.39 is 30.5 Å². The van der Waals surface area contributed by atoms with Crippen LogP contribution >= 0.6 is 0 Å². The molecule has 14 heavy (non-hydrogen) atoms. The highest BCUT2D eigenvalue weighted by Gasteiger charge is 2.25. The van der Waals surface area contributed by atoms with Crippen molar-refractivity contribution in [3.05, 3.63) is 0 Å². The second-order valence-electron chi connectivity index (χ2n) is 4.23. The highest BCUT2D eigenvalue weighted by Crippen LogP contribution is 2.09. The van der Waals surface area contributed by atoms with E-state index in [1.807, 2.05) is 20.8 Å². The summed E-state index contributed by atoms with van der Waals surface area (Å²) in [4.78, 5) is 0. The Balaban J connectivity index is 3.90. The minimum atomic E-state index is -1.39. The van der Waals surface area contributed by atoms with Crippen molar-refractivity contribution in [2.75, 3.05) is 13.2 Å². The van der Waals surface area contributed by atoms with E-state index in [9.17, 15) is 10.2 Å². The monoisotopic (exact) mass is 208 g/mol. The van der Waals surface area contributed by atoms with E-state index in [2.05, 4.69) is 0 Å². The number of hydrogen-bond donors (Lipinski definition) is 4. The summed E-state index contributed by atoms with van der Waals surface area (Å²) in [6.07, 6.45) is -3.92. The first kappa shape index (κ1) is 13.8. The van der Waals surface area contributed by atoms with Crippen LogP contribution in [0, 0.1) is 0 Å². The van der Waals surface area contributed by atoms with Gasteiger partial charge in [0.1, 0.15) is 18.3 Å². The van der Waals surface area contributed by atoms with Gasteiger partial charge in [0.2, 0.25) is 0 Å². The van der Waals surface area contributed by atoms with Gasteiger partial charge in [-0.15, -0.1) is 0 Å². The molecule has 0 saturated carbocycles. The number of aliphatic hydroxyl groups excluding tert-OH is 4. The molecule has 0 aromatic carbocycles. The predicted molar refractivity (Wildman–Crippen MR) is 50.8 cm³/mol. The first-order valence-corrected chi connectivity index (χ1v) is 4.57. The molecular weight excluding hydrogens is 188 g/mol. The molecule has 0 unspecified atom stereocenters. The fraction of sp³-hybridized carbons (Fsp3) is 1.00. The quantitative estimate of drug-likeness (QED) is 0.459. The maximum atomic E-state index is 9.34. The van der Waals surface area contributed by atoms with Crippen molar-refractivity contribution in [2.24, 2.45) is 0 Å². The maximum Gasteiger partial charge on any atom is 0.110 e. The van der Waals surface area contributed by atoms with Crippen LogP contribution in [-0.2, 0) is 4.74 Å². The third kappa shape index (κ3) is 5.51. The topological polar surface area (TPSA) is 90.2 Å². The molecule has 0 aromatic heterocycles. The molecule has 4 N–H and O–H groups in total. The lowest BCUT2D eigenvalue weighted by Gasteiger charge is -2.26. The molecule has 5 heteroatoms. The lowest BCUT2D eigenvalue weighted by atomic mass is 10.1. The summed E-state index contributed by atoms with van der Waals surface area (Å²) >= 11 is 0. The Bertz CT molecular complexity index is 154. The molecule has 0 bridgehead atoms. The number of ether oxygens (including phenoxy) is 1. The van der Waals surface area contributed by atoms with Crippen molar-refractivity contribution >= 4 is 0 Å². The molecule has 0 rings (SSSR count). The normalized spacial score (nSPS) is 19.1. The molecule has 0 saturated heterocycles. The van der Waals surface area contributed by atoms with Crippen molar-refractivity contribution in [1.29, 1.82) is 0 Å². The largest absolute Gasteiger partial charge is 0.394 e. The van der Waals surface area contributed by atoms with Crippen LogP contribution in [0.15, 0.2) is 0 Å². The van der Waals surface area contributed by atoms with Gasteiger partial charge in [0.25, 0.3) is 0 Å². The van der Waals surface area contributed by atoms with Gasteiger partial charge < -0.3 is 25.2 Å². The lowest BCUT2D eigenvalue weighted by Crippen LogP contribution is -2.43. The average Bonchev–Trinajstić information content (AvgIpc) is 2.10. The fourth-order valence-electron chi connectivity index (χ4n) is 0.798. The van der Waals surface area contributed by atoms with E-state index in [-0.39, 0.29) is 6.61 Å². The zero-order chi connectivity index (χ0) is 11.4. The van der Waals surface area contributed by atoms with Crippen LogP contribution in [0.2, 0.25) is 0 Å². The van der Waals surface area contributed by atoms with E-state index >= 15 is 0 Å². The molecule has 0 aliphatic rings. The van der Waals surface area contributed by atoms with Crippen molar-refractivity contribution in [1.82, 2.24) is 0 Å². The second-order valence-corrected chi connectivity index (χ2v) is 4.23. The van der Waals surface area contributed by atoms with Crippen molar-refractivity contribution < 1.29 is 25.2 Å². The zero-order valence-electron chi connectivity index (χ0n) is 8.84. The molecule has 0 spiro atoms. The van der Waals surface area contributed by atoms with E-state index in [1.54, 1.807) is 0 Å². The van der Waals surface area contributed by atoms with Crippen LogP contribution in [0.4, 0.5) is 0 Å². The molecule has 0 heterocycles. The summed E-state index contributed by atoms with van der Waals surface area (Å²) in [5, 5.41) is 36.1. The smallest absolute Gasteiger partial charge is 0.110 e. The van der Waals surface area contributed by atoms with Crippen molar-refractivity contribution in [3.63, 3.8) is 0 Å². The van der Waals surface area contributed by atoms with Crippen LogP contribution in [-0.4, -0.2) is 57.6 Å². The summed E-state index contributed by atoms with van der Waals surface area (Å²) < 4.78 is 5.20. The molecule has 0 fully saturated rings. The molecule has 0 amide bonds. The number of rotatable bonds is 5. The van der Waals surface area contributed by atoms with E-state index in [1.165, 1.54) is 0 Å². The Kier molecular flexibility index (Phi) is 5.54. The second kappa shape index (κ2) is 5.63. The van der Waals surface area contributed by atoms with Crippen LogP contribution in [0.5, 0.6) is 0 Å². The minimum Gasteiger partial charge on any atom is -0.394 e. The van der Waals surface area contributed by atoms with Gasteiger partial charge >= 0.3 is 0 Å². The third-order valence-electron chi connectivity index (χ3n) is 1.66. The van der Waals surface area contributed by atoms with E-state index in [4.69, 9.17) is 14.9 Å². The van der Waals surface area contributed by atoms with Gasteiger partial charge in [-0.1, -0.05) is 0 Å². The molecule has 0 aromatic rings. The van der Waals surface area contributed by atoms with Crippen molar-refractivity contribution in [3.8, 4) is 0 Å². The van der Waals surface area contributed by atoms with E-state index in [0.717, 1.165) is 0 Å². The lowest BCUT2D eigenvalue weighted by molar-refractivity contribution is -0.121. The minimum absolute atomic E-state index is 0.0816. The predicted octanol–water partition coefficient (Wildman–Crippen LogP) is -1.12. The summed E-state index contributed by atoms with van der Waals surface area (Å²) in [5.41, 5.74) is -0.412. The fourth-order valence-corrected chi connectivity index (χ4v) is 0.798. The molecule has 3 atom stereocenters. The SMILES string of the molecule is CC(C)(C)OC[C@@H](O)[C@H](O)[C@H](O)CO. The van der Waals surface area contributed by atoms with Gasteiger partial charge in [0.15, 0.2) is 0 Å². The summed E-state index contributed by atoms with van der Waals surface area (Å²) in [5.74, 6) is 0. The molecule has 86 valence electrons. The summed E-state index contributed by atoms with van der Waals surface area (Å²) in [6, 6.07) is 0. The molecule has 0 radical (unpaired) electrons. The Morgan fingerprint density at radius 2 is 1.57 bits per heavy atom. The summed E-state index contributed by atoms with van der Waals surface area (Å²) in [6.45, 7) is 4.77. The van der Waals surface area contributed by atoms with Crippen LogP contribution < -0.4 is 0 Å². The Hall–Kier alpha value is -0.200. The molecule has 0 aliphatic carbocycles. The molecule has 5 nitrogen and oxygen atoms in total. The highest BCUT2D eigenvalue weighted by molar-refractivity contribution is 4.75. The van der Waals surface area contributed by atoms with Crippen LogP contribution in [0.3, 0.4) is 0 Å². The van der Waals surface area contributed by atoms with Gasteiger partial charge in [-0.3, -0.25) is 0 Å². The third-order valence-corrected chi connectivity index (χ3v) is 1.66. The van der Waals surface area contributed by atoms with Gasteiger partial charge in [0.05, 0.1) is 18.8 Å². The number of hydrogen-bond acceptors (Lipinski definition) is 5. The zero-order valence-corrected chi connectivity index (χ0v) is 8.84. The van der Waals surface area contributed by atoms with Gasteiger partial charge in [-0.2, -0.15) is 0 Å². The Morgan fingerprint density at radius 3 is 1.93 bits per heavy atom. The standard InChI is InChI=1S/C9H20O5/c1-9(2,3)14-5-7(12)8(13)6(11)4-10/h6-8,10-13H,4-5H2,1-3H3/t6-,7-,8-/m1/s1. The van der Waals surface area contributed by atoms with Gasteiger partial charge in [-0.25, -0.2) is 0 Å². The molecular formula is C9H20O5. The maximum absolute atomic E-state index is 9.34. The summed E-state index contributed by atoms with van der Waals surface area (Å²) in [7, 11) is 0. The Labute approximate surface area is 83.9 Å². The average molecular weight is 208 g/mol. The first-order valence-electron chi connectivity index (χ1n) is 4.57. The van der Waals surface area contributed by atoms with Crippen LogP contribution in [0.1, 0.15) is 20.8 Å². The van der Waals surface area contributed by atoms with Gasteiger partial charge in [0, 0.05) is 0 Å². The van der Waals surface area contributed by atoms with Crippen molar-refractivity contribution in [2.45, 2.75) is 44.7 Å². The van der Waals surface area contributed by atoms with E-state index in [0.29, 0.717) is 0 Å². The number of aliphatic hydroxyl groups is 4. The molecule has 0 aliphatic heterocycles. The van der Waals surface area contributed by atoms with Gasteiger partial charge in [-0.05, 0) is 20.8 Å². The Morgan fingerprint density at radius 1 is 1.07 bits per heavy atom.